The van der Waals surface area contributed by atoms with Gasteiger partial charge in [0.15, 0.2) is 5.82 Å². The molecule has 2 aromatic rings. The standard InChI is InChI=1S/C11H14N4O/c1-8(12-2)11-14-10(15-16-11)6-9-4-3-5-13-7-9/h3-5,7-8,12H,6H2,1-2H3. The lowest BCUT2D eigenvalue weighted by atomic mass is 10.2. The second-order valence-electron chi connectivity index (χ2n) is 3.60. The highest BCUT2D eigenvalue weighted by atomic mass is 16.5. The molecule has 16 heavy (non-hydrogen) atoms. The first kappa shape index (κ1) is 10.8. The topological polar surface area (TPSA) is 63.8 Å². The number of nitrogens with one attached hydrogen (secondary N) is 1. The van der Waals surface area contributed by atoms with Crippen LogP contribution in [0.2, 0.25) is 0 Å². The number of hydrogen-bond acceptors (Lipinski definition) is 5. The van der Waals surface area contributed by atoms with E-state index in [-0.39, 0.29) is 6.04 Å². The summed E-state index contributed by atoms with van der Waals surface area (Å²) in [4.78, 5) is 8.35. The lowest BCUT2D eigenvalue weighted by Gasteiger charge is -2.01. The van der Waals surface area contributed by atoms with Gasteiger partial charge in [-0.3, -0.25) is 4.98 Å². The fraction of sp³-hybridized carbons (Fsp3) is 0.364. The molecular formula is C11H14N4O. The first-order valence-electron chi connectivity index (χ1n) is 5.18. The van der Waals surface area contributed by atoms with E-state index in [2.05, 4.69) is 20.4 Å². The normalized spacial score (nSPS) is 12.6. The molecule has 0 aliphatic carbocycles. The molecule has 1 N–H and O–H groups in total. The van der Waals surface area contributed by atoms with Crippen molar-refractivity contribution in [2.75, 3.05) is 7.05 Å². The summed E-state index contributed by atoms with van der Waals surface area (Å²) in [6.07, 6.45) is 4.19. The zero-order chi connectivity index (χ0) is 11.4. The Labute approximate surface area is 93.9 Å². The van der Waals surface area contributed by atoms with Gasteiger partial charge < -0.3 is 9.84 Å². The number of pyridine rings is 1. The van der Waals surface area contributed by atoms with Crippen molar-refractivity contribution in [1.82, 2.24) is 20.4 Å². The molecule has 2 aromatic heterocycles. The SMILES string of the molecule is CNC(C)c1nc(Cc2cccnc2)no1. The van der Waals surface area contributed by atoms with E-state index in [0.29, 0.717) is 18.1 Å². The van der Waals surface area contributed by atoms with Crippen LogP contribution in [0.4, 0.5) is 0 Å². The van der Waals surface area contributed by atoms with E-state index in [1.54, 1.807) is 12.4 Å². The number of aromatic nitrogens is 3. The number of nitrogens with zero attached hydrogens (tertiary/aromatic N) is 3. The third-order valence-electron chi connectivity index (χ3n) is 2.37. The molecule has 2 rings (SSSR count). The van der Waals surface area contributed by atoms with Crippen molar-refractivity contribution in [3.05, 3.63) is 41.8 Å². The zero-order valence-electron chi connectivity index (χ0n) is 9.34. The summed E-state index contributed by atoms with van der Waals surface area (Å²) < 4.78 is 5.15. The minimum Gasteiger partial charge on any atom is -0.338 e. The minimum absolute atomic E-state index is 0.0788. The van der Waals surface area contributed by atoms with Crippen molar-refractivity contribution in [2.24, 2.45) is 0 Å². The molecule has 0 saturated heterocycles. The molecule has 0 spiro atoms. The highest BCUT2D eigenvalue weighted by Gasteiger charge is 2.12. The molecular weight excluding hydrogens is 204 g/mol. The van der Waals surface area contributed by atoms with Crippen LogP contribution in [0, 0.1) is 0 Å². The Morgan fingerprint density at radius 2 is 2.38 bits per heavy atom. The lowest BCUT2D eigenvalue weighted by molar-refractivity contribution is 0.344. The van der Waals surface area contributed by atoms with E-state index in [9.17, 15) is 0 Å². The van der Waals surface area contributed by atoms with Crippen LogP contribution in [0.3, 0.4) is 0 Å². The van der Waals surface area contributed by atoms with Crippen LogP contribution in [0.15, 0.2) is 29.0 Å². The lowest BCUT2D eigenvalue weighted by Crippen LogP contribution is -2.12. The fourth-order valence-corrected chi connectivity index (χ4v) is 1.32. The maximum Gasteiger partial charge on any atom is 0.243 e. The summed E-state index contributed by atoms with van der Waals surface area (Å²) in [7, 11) is 1.86. The Hall–Kier alpha value is -1.75. The van der Waals surface area contributed by atoms with E-state index in [4.69, 9.17) is 4.52 Å². The molecule has 1 unspecified atom stereocenters. The fourth-order valence-electron chi connectivity index (χ4n) is 1.32. The molecule has 0 bridgehead atoms. The van der Waals surface area contributed by atoms with Gasteiger partial charge in [0, 0.05) is 18.8 Å². The largest absolute Gasteiger partial charge is 0.338 e. The monoisotopic (exact) mass is 218 g/mol. The van der Waals surface area contributed by atoms with Crippen molar-refractivity contribution < 1.29 is 4.52 Å². The van der Waals surface area contributed by atoms with E-state index >= 15 is 0 Å². The Kier molecular flexibility index (Phi) is 3.26. The van der Waals surface area contributed by atoms with Crippen molar-refractivity contribution in [3.63, 3.8) is 0 Å². The molecule has 1 atom stereocenters. The molecule has 0 amide bonds. The van der Waals surface area contributed by atoms with Crippen LogP contribution in [0.25, 0.3) is 0 Å². The van der Waals surface area contributed by atoms with Crippen LogP contribution in [-0.2, 0) is 6.42 Å². The van der Waals surface area contributed by atoms with Crippen molar-refractivity contribution in [2.45, 2.75) is 19.4 Å². The Morgan fingerprint density at radius 3 is 3.06 bits per heavy atom. The molecule has 0 saturated carbocycles. The average Bonchev–Trinajstić information content (AvgIpc) is 2.78. The van der Waals surface area contributed by atoms with Crippen LogP contribution in [-0.4, -0.2) is 22.2 Å². The third kappa shape index (κ3) is 2.43. The second kappa shape index (κ2) is 4.85. The van der Waals surface area contributed by atoms with Crippen LogP contribution in [0.1, 0.15) is 30.2 Å². The van der Waals surface area contributed by atoms with Gasteiger partial charge in [-0.1, -0.05) is 11.2 Å². The molecule has 5 heteroatoms. The van der Waals surface area contributed by atoms with E-state index < -0.39 is 0 Å². The Morgan fingerprint density at radius 1 is 1.50 bits per heavy atom. The maximum absolute atomic E-state index is 5.15. The Balaban J connectivity index is 2.09. The Bertz CT molecular complexity index is 440. The van der Waals surface area contributed by atoms with Gasteiger partial charge in [-0.25, -0.2) is 0 Å². The predicted molar refractivity (Wildman–Crippen MR) is 58.8 cm³/mol. The van der Waals surface area contributed by atoms with E-state index in [0.717, 1.165) is 5.56 Å². The molecule has 0 aromatic carbocycles. The minimum atomic E-state index is 0.0788. The highest BCUT2D eigenvalue weighted by molar-refractivity contribution is 5.13. The summed E-state index contributed by atoms with van der Waals surface area (Å²) in [6.45, 7) is 1.97. The van der Waals surface area contributed by atoms with Crippen molar-refractivity contribution >= 4 is 0 Å². The number of rotatable bonds is 4. The van der Waals surface area contributed by atoms with E-state index in [1.807, 2.05) is 26.1 Å². The summed E-state index contributed by atoms with van der Waals surface area (Å²) in [5.74, 6) is 1.30. The van der Waals surface area contributed by atoms with Gasteiger partial charge in [-0.15, -0.1) is 0 Å². The summed E-state index contributed by atoms with van der Waals surface area (Å²) >= 11 is 0. The molecule has 5 nitrogen and oxygen atoms in total. The van der Waals surface area contributed by atoms with Crippen LogP contribution < -0.4 is 5.32 Å². The van der Waals surface area contributed by atoms with Gasteiger partial charge in [0.25, 0.3) is 0 Å². The van der Waals surface area contributed by atoms with Crippen molar-refractivity contribution in [3.8, 4) is 0 Å². The van der Waals surface area contributed by atoms with Crippen LogP contribution in [0.5, 0.6) is 0 Å². The highest BCUT2D eigenvalue weighted by Crippen LogP contribution is 2.10. The quantitative estimate of drug-likeness (QED) is 0.838. The van der Waals surface area contributed by atoms with Gasteiger partial charge >= 0.3 is 0 Å². The molecule has 84 valence electrons. The van der Waals surface area contributed by atoms with Gasteiger partial charge in [-0.2, -0.15) is 4.98 Å². The zero-order valence-corrected chi connectivity index (χ0v) is 9.34. The van der Waals surface area contributed by atoms with E-state index in [1.165, 1.54) is 0 Å². The van der Waals surface area contributed by atoms with Crippen molar-refractivity contribution in [1.29, 1.82) is 0 Å². The summed E-state index contributed by atoms with van der Waals surface area (Å²) in [5, 5.41) is 6.98. The van der Waals surface area contributed by atoms with Gasteiger partial charge in [-0.05, 0) is 25.6 Å². The first-order valence-corrected chi connectivity index (χ1v) is 5.18. The third-order valence-corrected chi connectivity index (χ3v) is 2.37. The molecule has 0 radical (unpaired) electrons. The summed E-state index contributed by atoms with van der Waals surface area (Å²) in [5.41, 5.74) is 1.08. The first-order chi connectivity index (χ1) is 7.79. The molecule has 0 aliphatic rings. The average molecular weight is 218 g/mol. The van der Waals surface area contributed by atoms with Crippen LogP contribution >= 0.6 is 0 Å². The smallest absolute Gasteiger partial charge is 0.243 e. The molecule has 2 heterocycles. The summed E-state index contributed by atoms with van der Waals surface area (Å²) in [6, 6.07) is 3.96. The maximum atomic E-state index is 5.15. The predicted octanol–water partition coefficient (Wildman–Crippen LogP) is 1.34. The molecule has 0 aliphatic heterocycles. The van der Waals surface area contributed by atoms with Gasteiger partial charge in [0.2, 0.25) is 5.89 Å². The van der Waals surface area contributed by atoms with Gasteiger partial charge in [0.1, 0.15) is 0 Å². The second-order valence-corrected chi connectivity index (χ2v) is 3.60. The number of hydrogen-bond donors (Lipinski definition) is 1. The van der Waals surface area contributed by atoms with Gasteiger partial charge in [0.05, 0.1) is 6.04 Å². The molecule has 0 fully saturated rings.